The molecule has 2 fully saturated rings. The van der Waals surface area contributed by atoms with Crippen LogP contribution in [0.25, 0.3) is 0 Å². The van der Waals surface area contributed by atoms with Gasteiger partial charge in [-0.1, -0.05) is 23.2 Å². The maximum absolute atomic E-state index is 13.0. The van der Waals surface area contributed by atoms with Crippen molar-refractivity contribution in [3.05, 3.63) is 63.6 Å². The monoisotopic (exact) mass is 531 g/mol. The first-order chi connectivity index (χ1) is 17.2. The van der Waals surface area contributed by atoms with Gasteiger partial charge < -0.3 is 10.5 Å². The Bertz CT molecular complexity index is 1220. The minimum absolute atomic E-state index is 0.0424. The molecule has 1 unspecified atom stereocenters. The topological polar surface area (TPSA) is 127 Å². The van der Waals surface area contributed by atoms with Crippen molar-refractivity contribution in [1.29, 1.82) is 0 Å². The summed E-state index contributed by atoms with van der Waals surface area (Å²) in [5.74, 6) is -2.43. The number of piperidine rings is 1. The summed E-state index contributed by atoms with van der Waals surface area (Å²) in [4.78, 5) is 64.7. The molecule has 11 heteroatoms. The summed E-state index contributed by atoms with van der Waals surface area (Å²) in [6.45, 7) is 0.531. The third-order valence-corrected chi connectivity index (χ3v) is 7.17. The van der Waals surface area contributed by atoms with E-state index in [0.717, 1.165) is 4.90 Å². The number of imide groups is 1. The van der Waals surface area contributed by atoms with E-state index >= 15 is 0 Å². The van der Waals surface area contributed by atoms with Crippen molar-refractivity contribution >= 4 is 58.4 Å². The van der Waals surface area contributed by atoms with E-state index in [-0.39, 0.29) is 46.2 Å². The van der Waals surface area contributed by atoms with Crippen LogP contribution >= 0.6 is 23.2 Å². The SMILES string of the molecule is NC(=O)C1CCN(C2CC(=O)N(c3ccc(C(=O)OCC(=O)c4ccc(Cl)c(Cl)c4)cc3)C2=O)CC1. The Morgan fingerprint density at radius 2 is 1.58 bits per heavy atom. The average molecular weight is 532 g/mol. The lowest BCUT2D eigenvalue weighted by Gasteiger charge is -2.33. The van der Waals surface area contributed by atoms with E-state index in [1.165, 1.54) is 42.5 Å². The second-order valence-corrected chi connectivity index (χ2v) is 9.49. The van der Waals surface area contributed by atoms with E-state index in [1.54, 1.807) is 0 Å². The number of nitrogens with two attached hydrogens (primary N) is 1. The van der Waals surface area contributed by atoms with E-state index in [2.05, 4.69) is 0 Å². The summed E-state index contributed by atoms with van der Waals surface area (Å²) in [5, 5.41) is 0.520. The van der Waals surface area contributed by atoms with Crippen LogP contribution in [-0.4, -0.2) is 60.1 Å². The molecule has 9 nitrogen and oxygen atoms in total. The molecule has 2 aromatic carbocycles. The standard InChI is InChI=1S/C25H23Cl2N3O6/c26-18-6-3-16(11-19(18)27)21(31)13-36-25(35)15-1-4-17(5-2-15)30-22(32)12-20(24(30)34)29-9-7-14(8-10-29)23(28)33/h1-6,11,14,20H,7-10,12-13H2,(H2,28,33). The van der Waals surface area contributed by atoms with Gasteiger partial charge in [0.1, 0.15) is 0 Å². The molecule has 2 aliphatic rings. The zero-order valence-corrected chi connectivity index (χ0v) is 20.6. The number of primary amides is 1. The van der Waals surface area contributed by atoms with Crippen molar-refractivity contribution in [3.63, 3.8) is 0 Å². The lowest BCUT2D eigenvalue weighted by molar-refractivity contribution is -0.124. The summed E-state index contributed by atoms with van der Waals surface area (Å²) in [7, 11) is 0. The Labute approximate surface area is 217 Å². The van der Waals surface area contributed by atoms with Crippen molar-refractivity contribution in [2.24, 2.45) is 11.7 Å². The van der Waals surface area contributed by atoms with Gasteiger partial charge in [0.2, 0.25) is 11.8 Å². The molecule has 36 heavy (non-hydrogen) atoms. The third-order valence-electron chi connectivity index (χ3n) is 6.43. The smallest absolute Gasteiger partial charge is 0.338 e. The Morgan fingerprint density at radius 1 is 0.944 bits per heavy atom. The van der Waals surface area contributed by atoms with Crippen LogP contribution in [0.5, 0.6) is 0 Å². The molecule has 0 spiro atoms. The highest BCUT2D eigenvalue weighted by Gasteiger charge is 2.43. The van der Waals surface area contributed by atoms with Crippen LogP contribution in [0, 0.1) is 5.92 Å². The molecule has 2 saturated heterocycles. The van der Waals surface area contributed by atoms with Gasteiger partial charge >= 0.3 is 5.97 Å². The largest absolute Gasteiger partial charge is 0.454 e. The third kappa shape index (κ3) is 5.43. The highest BCUT2D eigenvalue weighted by Crippen LogP contribution is 2.29. The van der Waals surface area contributed by atoms with Crippen LogP contribution in [0.4, 0.5) is 5.69 Å². The second kappa shape index (κ2) is 10.8. The van der Waals surface area contributed by atoms with E-state index in [1.807, 2.05) is 4.90 Å². The fourth-order valence-corrected chi connectivity index (χ4v) is 4.68. The highest BCUT2D eigenvalue weighted by molar-refractivity contribution is 6.42. The molecule has 4 rings (SSSR count). The number of amides is 3. The van der Waals surface area contributed by atoms with Crippen molar-refractivity contribution in [2.45, 2.75) is 25.3 Å². The number of rotatable bonds is 7. The molecule has 0 saturated carbocycles. The number of ketones is 1. The molecule has 2 heterocycles. The first kappa shape index (κ1) is 25.8. The number of hydrogen-bond donors (Lipinski definition) is 1. The second-order valence-electron chi connectivity index (χ2n) is 8.67. The van der Waals surface area contributed by atoms with Crippen LogP contribution in [0.3, 0.4) is 0 Å². The van der Waals surface area contributed by atoms with Gasteiger partial charge in [0.25, 0.3) is 5.91 Å². The zero-order valence-electron chi connectivity index (χ0n) is 19.1. The molecule has 1 atom stereocenters. The Hall–Kier alpha value is -3.27. The molecule has 0 aromatic heterocycles. The predicted molar refractivity (Wildman–Crippen MR) is 132 cm³/mol. The number of esters is 1. The van der Waals surface area contributed by atoms with Crippen LogP contribution in [-0.2, 0) is 19.1 Å². The molecule has 0 bridgehead atoms. The van der Waals surface area contributed by atoms with Crippen molar-refractivity contribution in [3.8, 4) is 0 Å². The summed E-state index contributed by atoms with van der Waals surface area (Å²) in [5.41, 5.74) is 6.12. The maximum atomic E-state index is 13.0. The maximum Gasteiger partial charge on any atom is 0.338 e. The molecule has 3 amide bonds. The number of halogens is 2. The fourth-order valence-electron chi connectivity index (χ4n) is 4.38. The molecule has 2 aliphatic heterocycles. The summed E-state index contributed by atoms with van der Waals surface area (Å²) >= 11 is 11.8. The van der Waals surface area contributed by atoms with E-state index in [0.29, 0.717) is 36.6 Å². The van der Waals surface area contributed by atoms with Crippen molar-refractivity contribution in [1.82, 2.24) is 4.90 Å². The van der Waals surface area contributed by atoms with Gasteiger partial charge in [0.05, 0.1) is 33.8 Å². The number of likely N-dealkylation sites (tertiary alicyclic amines) is 1. The summed E-state index contributed by atoms with van der Waals surface area (Å²) in [6.07, 6.45) is 1.15. The number of Topliss-reactive ketones (excluding diaryl/α,β-unsaturated/α-hetero) is 1. The molecule has 2 aromatic rings. The highest BCUT2D eigenvalue weighted by atomic mass is 35.5. The lowest BCUT2D eigenvalue weighted by Crippen LogP contribution is -2.47. The lowest BCUT2D eigenvalue weighted by atomic mass is 9.95. The number of anilines is 1. The first-order valence-electron chi connectivity index (χ1n) is 11.3. The van der Waals surface area contributed by atoms with Gasteiger partial charge in [-0.2, -0.15) is 0 Å². The molecular formula is C25H23Cl2N3O6. The van der Waals surface area contributed by atoms with E-state index < -0.39 is 24.4 Å². The van der Waals surface area contributed by atoms with Gasteiger partial charge in [-0.15, -0.1) is 0 Å². The van der Waals surface area contributed by atoms with Crippen LogP contribution < -0.4 is 10.6 Å². The van der Waals surface area contributed by atoms with E-state index in [9.17, 15) is 24.0 Å². The Morgan fingerprint density at radius 3 is 2.19 bits per heavy atom. The number of ether oxygens (including phenoxy) is 1. The quantitative estimate of drug-likeness (QED) is 0.330. The first-order valence-corrected chi connectivity index (χ1v) is 12.1. The van der Waals surface area contributed by atoms with Crippen LogP contribution in [0.1, 0.15) is 40.0 Å². The fraction of sp³-hybridized carbons (Fsp3) is 0.320. The number of carbonyl (C=O) groups is 5. The molecule has 0 radical (unpaired) electrons. The number of hydrogen-bond acceptors (Lipinski definition) is 7. The predicted octanol–water partition coefficient (Wildman–Crippen LogP) is 2.86. The summed E-state index contributed by atoms with van der Waals surface area (Å²) < 4.78 is 5.09. The van der Waals surface area contributed by atoms with Crippen molar-refractivity contribution < 1.29 is 28.7 Å². The number of carbonyl (C=O) groups excluding carboxylic acids is 5. The van der Waals surface area contributed by atoms with Gasteiger partial charge in [0.15, 0.2) is 12.4 Å². The zero-order chi connectivity index (χ0) is 26.0. The Kier molecular flexibility index (Phi) is 7.73. The minimum atomic E-state index is -0.732. The van der Waals surface area contributed by atoms with Gasteiger partial charge in [-0.3, -0.25) is 24.1 Å². The number of benzene rings is 2. The summed E-state index contributed by atoms with van der Waals surface area (Å²) in [6, 6.07) is 9.57. The average Bonchev–Trinajstić information content (AvgIpc) is 3.17. The molecule has 2 N–H and O–H groups in total. The molecular weight excluding hydrogens is 509 g/mol. The van der Waals surface area contributed by atoms with Crippen molar-refractivity contribution in [2.75, 3.05) is 24.6 Å². The Balaban J connectivity index is 1.36. The van der Waals surface area contributed by atoms with Gasteiger partial charge in [0, 0.05) is 11.5 Å². The van der Waals surface area contributed by atoms with Crippen LogP contribution in [0.15, 0.2) is 42.5 Å². The molecule has 188 valence electrons. The van der Waals surface area contributed by atoms with Crippen LogP contribution in [0.2, 0.25) is 10.0 Å². The van der Waals surface area contributed by atoms with E-state index in [4.69, 9.17) is 33.7 Å². The molecule has 0 aliphatic carbocycles. The van der Waals surface area contributed by atoms with Gasteiger partial charge in [-0.05, 0) is 68.4 Å². The minimum Gasteiger partial charge on any atom is -0.454 e. The van der Waals surface area contributed by atoms with Gasteiger partial charge in [-0.25, -0.2) is 9.69 Å². The number of nitrogens with zero attached hydrogens (tertiary/aromatic N) is 2. The normalized spacial score (nSPS) is 18.9.